The van der Waals surface area contributed by atoms with Gasteiger partial charge in [0.15, 0.2) is 0 Å². The van der Waals surface area contributed by atoms with Crippen molar-refractivity contribution in [3.8, 4) is 0 Å². The van der Waals surface area contributed by atoms with E-state index in [1.807, 2.05) is 18.2 Å². The van der Waals surface area contributed by atoms with Gasteiger partial charge in [-0.15, -0.1) is 12.4 Å². The molecule has 0 saturated carbocycles. The van der Waals surface area contributed by atoms with E-state index in [0.29, 0.717) is 24.3 Å². The van der Waals surface area contributed by atoms with Crippen LogP contribution in [0.2, 0.25) is 0 Å². The van der Waals surface area contributed by atoms with E-state index in [-0.39, 0.29) is 32.0 Å². The van der Waals surface area contributed by atoms with Crippen molar-refractivity contribution in [2.75, 3.05) is 32.8 Å². The van der Waals surface area contributed by atoms with Crippen molar-refractivity contribution in [3.63, 3.8) is 0 Å². The van der Waals surface area contributed by atoms with E-state index in [1.165, 1.54) is 4.90 Å². The molecule has 1 aromatic rings. The van der Waals surface area contributed by atoms with Crippen LogP contribution < -0.4 is 0 Å². The lowest BCUT2D eigenvalue weighted by Crippen LogP contribution is -2.53. The molecule has 1 rings (SSSR count). The van der Waals surface area contributed by atoms with Crippen molar-refractivity contribution in [2.24, 2.45) is 0 Å². The van der Waals surface area contributed by atoms with Gasteiger partial charge >= 0.3 is 0 Å². The highest BCUT2D eigenvalue weighted by atomic mass is 35.5. The maximum absolute atomic E-state index is 10.4. The first kappa shape index (κ1) is 36.8. The molecule has 0 spiro atoms. The van der Waals surface area contributed by atoms with Crippen LogP contribution in [0.4, 0.5) is 0 Å². The number of aliphatic hydroxyl groups is 10. The smallest absolute Gasteiger partial charge is 0.111 e. The Morgan fingerprint density at radius 3 is 1.49 bits per heavy atom. The minimum Gasteiger partial charge on any atom is -0.394 e. The first-order chi connectivity index (χ1) is 17.0. The fraction of sp³-hybridized carbons (Fsp3) is 0.739. The van der Waals surface area contributed by atoms with Crippen LogP contribution >= 0.6 is 37.7 Å². The predicted molar refractivity (Wildman–Crippen MR) is 146 cm³/mol. The van der Waals surface area contributed by atoms with Gasteiger partial charge in [0.1, 0.15) is 36.6 Å². The molecule has 0 saturated heterocycles. The fourth-order valence-corrected chi connectivity index (χ4v) is 4.37. The van der Waals surface area contributed by atoms with Crippen molar-refractivity contribution in [1.29, 1.82) is 0 Å². The topological polar surface area (TPSA) is 206 Å². The summed E-state index contributed by atoms with van der Waals surface area (Å²) in [5.41, 5.74) is 3.14. The van der Waals surface area contributed by atoms with E-state index in [9.17, 15) is 40.9 Å². The zero-order valence-corrected chi connectivity index (χ0v) is 23.0. The van der Waals surface area contributed by atoms with Gasteiger partial charge in [-0.2, -0.15) is 25.3 Å². The van der Waals surface area contributed by atoms with Crippen LogP contribution in [-0.2, 0) is 17.9 Å². The summed E-state index contributed by atoms with van der Waals surface area (Å²) in [6.45, 7) is -1.98. The van der Waals surface area contributed by atoms with Gasteiger partial charge in [0.25, 0.3) is 0 Å². The quantitative estimate of drug-likeness (QED) is 0.0779. The Morgan fingerprint density at radius 2 is 1.08 bits per heavy atom. The number of hydrogen-bond donors (Lipinski definition) is 12. The zero-order chi connectivity index (χ0) is 27.4. The number of halogens is 1. The summed E-state index contributed by atoms with van der Waals surface area (Å²) in [7, 11) is 0. The summed E-state index contributed by atoms with van der Waals surface area (Å²) in [5.74, 6) is 1.13. The van der Waals surface area contributed by atoms with Gasteiger partial charge in [-0.3, -0.25) is 4.90 Å². The van der Waals surface area contributed by atoms with E-state index in [0.717, 1.165) is 16.7 Å². The van der Waals surface area contributed by atoms with Gasteiger partial charge in [0.05, 0.1) is 25.4 Å². The van der Waals surface area contributed by atoms with Crippen molar-refractivity contribution in [2.45, 2.75) is 73.2 Å². The van der Waals surface area contributed by atoms with Gasteiger partial charge in [0, 0.05) is 24.6 Å². The van der Waals surface area contributed by atoms with Gasteiger partial charge in [-0.1, -0.05) is 18.2 Å². The summed E-state index contributed by atoms with van der Waals surface area (Å²) >= 11 is 8.65. The molecular formula is C23H42ClNO10S2. The highest BCUT2D eigenvalue weighted by Crippen LogP contribution is 2.18. The second-order valence-corrected chi connectivity index (χ2v) is 9.51. The Labute approximate surface area is 234 Å². The highest BCUT2D eigenvalue weighted by Gasteiger charge is 2.34. The molecule has 0 unspecified atom stereocenters. The van der Waals surface area contributed by atoms with Crippen LogP contribution in [0.3, 0.4) is 0 Å². The third-order valence-electron chi connectivity index (χ3n) is 6.09. The Morgan fingerprint density at radius 1 is 0.649 bits per heavy atom. The SMILES string of the molecule is Cl.OC[C@@H](O)[C@@H](O)[C@H](O)[C@@H](O)CN(CCCc1ccc(CS)c(CS)c1)C[C@H](O)[C@@H](O)[C@H](O)[C@H](O)CO. The number of thiol groups is 2. The molecule has 0 bridgehead atoms. The second-order valence-electron chi connectivity index (χ2n) is 8.88. The number of hydrogen-bond acceptors (Lipinski definition) is 13. The lowest BCUT2D eigenvalue weighted by Gasteiger charge is -2.33. The molecule has 0 aliphatic rings. The molecule has 218 valence electrons. The first-order valence-corrected chi connectivity index (χ1v) is 13.0. The maximum Gasteiger partial charge on any atom is 0.111 e. The molecule has 0 aliphatic carbocycles. The van der Waals surface area contributed by atoms with Crippen molar-refractivity contribution in [3.05, 3.63) is 34.9 Å². The molecule has 14 heteroatoms. The minimum atomic E-state index is -1.83. The molecule has 0 amide bonds. The van der Waals surface area contributed by atoms with E-state index in [2.05, 4.69) is 25.3 Å². The molecule has 8 atom stereocenters. The highest BCUT2D eigenvalue weighted by molar-refractivity contribution is 7.79. The lowest BCUT2D eigenvalue weighted by molar-refractivity contribution is -0.130. The molecule has 37 heavy (non-hydrogen) atoms. The zero-order valence-electron chi connectivity index (χ0n) is 20.4. The van der Waals surface area contributed by atoms with Crippen LogP contribution in [-0.4, -0.2) is 138 Å². The number of aliphatic hydroxyl groups excluding tert-OH is 10. The van der Waals surface area contributed by atoms with Gasteiger partial charge in [-0.05, 0) is 36.1 Å². The number of benzene rings is 1. The third kappa shape index (κ3) is 11.8. The third-order valence-corrected chi connectivity index (χ3v) is 6.77. The molecule has 0 radical (unpaired) electrons. The Hall–Kier alpha value is -0.230. The first-order valence-electron chi connectivity index (χ1n) is 11.7. The fourth-order valence-electron chi connectivity index (χ4n) is 3.77. The molecule has 0 aliphatic heterocycles. The molecular weight excluding hydrogens is 550 g/mol. The van der Waals surface area contributed by atoms with E-state index in [4.69, 9.17) is 10.2 Å². The van der Waals surface area contributed by atoms with Gasteiger partial charge < -0.3 is 51.1 Å². The summed E-state index contributed by atoms with van der Waals surface area (Å²) in [6, 6.07) is 5.94. The minimum absolute atomic E-state index is 0. The summed E-state index contributed by atoms with van der Waals surface area (Å²) in [6.07, 6.45) is -12.7. The average molecular weight is 592 g/mol. The standard InChI is InChI=1S/C23H41NO10S2.ClH/c25-9-18(29)22(33)20(31)16(27)7-24(8-17(28)21(32)23(34)19(30)10-26)5-1-2-13-3-4-14(11-35)15(6-13)12-36;/h3-4,6,16-23,25-36H,1-2,5,7-12H2;1H/t16-,17-,18+,19+,20+,21+,22+,23+;/m0./s1. The van der Waals surface area contributed by atoms with Crippen molar-refractivity contribution in [1.82, 2.24) is 4.90 Å². The summed E-state index contributed by atoms with van der Waals surface area (Å²) in [5, 5.41) is 97.9. The van der Waals surface area contributed by atoms with Crippen LogP contribution in [0, 0.1) is 0 Å². The Bertz CT molecular complexity index is 725. The van der Waals surface area contributed by atoms with Crippen molar-refractivity contribution < 1.29 is 51.1 Å². The van der Waals surface area contributed by atoms with Crippen LogP contribution in [0.25, 0.3) is 0 Å². The number of rotatable bonds is 18. The molecule has 0 aromatic heterocycles. The summed E-state index contributed by atoms with van der Waals surface area (Å²) < 4.78 is 0. The number of aryl methyl sites for hydroxylation is 1. The van der Waals surface area contributed by atoms with Crippen LogP contribution in [0.5, 0.6) is 0 Å². The Kier molecular flexibility index (Phi) is 18.8. The predicted octanol–water partition coefficient (Wildman–Crippen LogP) is -2.93. The van der Waals surface area contributed by atoms with Crippen LogP contribution in [0.1, 0.15) is 23.1 Å². The second kappa shape index (κ2) is 19.0. The van der Waals surface area contributed by atoms with E-state index in [1.54, 1.807) is 0 Å². The summed E-state index contributed by atoms with van der Waals surface area (Å²) in [4.78, 5) is 1.49. The normalized spacial score (nSPS) is 18.4. The Balaban J connectivity index is 0.0000130. The van der Waals surface area contributed by atoms with Gasteiger partial charge in [0.2, 0.25) is 0 Å². The van der Waals surface area contributed by atoms with E-state index >= 15 is 0 Å². The number of nitrogens with zero attached hydrogens (tertiary/aromatic N) is 1. The lowest BCUT2D eigenvalue weighted by atomic mass is 10.0. The molecule has 11 nitrogen and oxygen atoms in total. The molecule has 0 heterocycles. The van der Waals surface area contributed by atoms with Crippen molar-refractivity contribution >= 4 is 37.7 Å². The van der Waals surface area contributed by atoms with Gasteiger partial charge in [-0.25, -0.2) is 0 Å². The monoisotopic (exact) mass is 591 g/mol. The molecule has 1 aromatic carbocycles. The van der Waals surface area contributed by atoms with E-state index < -0.39 is 62.0 Å². The van der Waals surface area contributed by atoms with Crippen LogP contribution in [0.15, 0.2) is 18.2 Å². The average Bonchev–Trinajstić information content (AvgIpc) is 2.89. The largest absolute Gasteiger partial charge is 0.394 e. The molecule has 10 N–H and O–H groups in total. The maximum atomic E-state index is 10.4. The molecule has 0 fully saturated rings.